The second-order valence-corrected chi connectivity index (χ2v) is 11.2. The summed E-state index contributed by atoms with van der Waals surface area (Å²) in [6.07, 6.45) is -4.00. The topological polar surface area (TPSA) is 278 Å². The average Bonchev–Trinajstić information content (AvgIpc) is 2.95. The van der Waals surface area contributed by atoms with Crippen molar-refractivity contribution in [3.05, 3.63) is 11.8 Å². The van der Waals surface area contributed by atoms with E-state index in [1.165, 1.54) is 6.92 Å². The molecule has 0 aromatic heterocycles. The van der Waals surface area contributed by atoms with Gasteiger partial charge in [0.25, 0.3) is 0 Å². The molecule has 42 heavy (non-hydrogen) atoms. The molecule has 244 valence electrons. The number of nitrogens with two attached hydrogens (primary N) is 4. The summed E-state index contributed by atoms with van der Waals surface area (Å²) in [5, 5.41) is 52.5. The lowest BCUT2D eigenvalue weighted by Crippen LogP contribution is -2.69. The summed E-state index contributed by atoms with van der Waals surface area (Å²) < 4.78 is 24.0. The van der Waals surface area contributed by atoms with Gasteiger partial charge >= 0.3 is 6.03 Å². The van der Waals surface area contributed by atoms with Crippen LogP contribution in [0.15, 0.2) is 11.8 Å². The molecule has 1 unspecified atom stereocenters. The summed E-state index contributed by atoms with van der Waals surface area (Å²) in [6, 6.07) is -3.74. The minimum absolute atomic E-state index is 0.0150. The minimum atomic E-state index is -1.45. The van der Waals surface area contributed by atoms with Gasteiger partial charge in [-0.3, -0.25) is 5.21 Å². The van der Waals surface area contributed by atoms with Gasteiger partial charge in [-0.2, -0.15) is 0 Å². The largest absolute Gasteiger partial charge is 0.467 e. The second-order valence-electron chi connectivity index (χ2n) is 11.2. The van der Waals surface area contributed by atoms with Crippen molar-refractivity contribution < 1.29 is 44.3 Å². The Hall–Kier alpha value is -1.71. The lowest BCUT2D eigenvalue weighted by atomic mass is 9.83. The fourth-order valence-electron chi connectivity index (χ4n) is 5.54. The first-order chi connectivity index (χ1) is 20.0. The summed E-state index contributed by atoms with van der Waals surface area (Å²) in [6.45, 7) is 2.48. The van der Waals surface area contributed by atoms with Crippen molar-refractivity contribution >= 4 is 6.03 Å². The van der Waals surface area contributed by atoms with E-state index >= 15 is 0 Å². The number of hydroxylamine groups is 2. The van der Waals surface area contributed by atoms with Crippen molar-refractivity contribution in [1.82, 2.24) is 21.0 Å². The average molecular weight is 607 g/mol. The predicted octanol–water partition coefficient (Wildman–Crippen LogP) is -4.47. The molecule has 1 saturated carbocycles. The van der Waals surface area contributed by atoms with Gasteiger partial charge in [0.2, 0.25) is 6.29 Å². The third kappa shape index (κ3) is 8.47. The number of ether oxygens (including phenoxy) is 4. The maximum Gasteiger partial charge on any atom is 0.341 e. The van der Waals surface area contributed by atoms with Gasteiger partial charge in [0.05, 0.1) is 37.8 Å². The number of aliphatic hydroxyl groups excluding tert-OH is 2. The molecule has 0 bridgehead atoms. The quantitative estimate of drug-likeness (QED) is 0.0535. The van der Waals surface area contributed by atoms with E-state index in [0.29, 0.717) is 30.3 Å². The van der Waals surface area contributed by atoms with Crippen molar-refractivity contribution in [3.8, 4) is 0 Å². The zero-order valence-corrected chi connectivity index (χ0v) is 24.3. The van der Waals surface area contributed by atoms with Crippen LogP contribution in [0, 0.1) is 0 Å². The maximum absolute atomic E-state index is 12.7. The third-order valence-electron chi connectivity index (χ3n) is 7.81. The molecule has 0 aromatic rings. The van der Waals surface area contributed by atoms with Gasteiger partial charge in [-0.1, -0.05) is 0 Å². The minimum Gasteiger partial charge on any atom is -0.467 e. The molecule has 15 N–H and O–H groups in total. The summed E-state index contributed by atoms with van der Waals surface area (Å²) in [7, 11) is 1.57. The van der Waals surface area contributed by atoms with Gasteiger partial charge in [-0.05, 0) is 52.4 Å². The Balaban J connectivity index is 1.83. The number of amides is 2. The van der Waals surface area contributed by atoms with E-state index in [2.05, 4.69) is 16.0 Å². The Bertz CT molecular complexity index is 887. The van der Waals surface area contributed by atoms with Crippen LogP contribution in [0.2, 0.25) is 0 Å². The number of rotatable bonds is 13. The number of urea groups is 1. The van der Waals surface area contributed by atoms with Gasteiger partial charge in [-0.25, -0.2) is 9.86 Å². The molecule has 2 amide bonds. The molecule has 2 aliphatic heterocycles. The predicted molar refractivity (Wildman–Crippen MR) is 150 cm³/mol. The van der Waals surface area contributed by atoms with Crippen LogP contribution in [0.1, 0.15) is 26.2 Å². The smallest absolute Gasteiger partial charge is 0.341 e. The fraction of sp³-hybridized carbons (Fsp3) is 0.880. The van der Waals surface area contributed by atoms with Crippen LogP contribution in [-0.4, -0.2) is 145 Å². The standard InChI is InChI=1S/C25H50N8O9/c1-25(37)12-39-23(18(35)21(25)30-2)42-20-16(32-24(36)33(38)9-7-27)10-14(29)19(17(20)34)41-22-15(31-8-3-6-26)5-4-13(11-28)40-22/h4,14-23,30-31,34-35,37-38H,3,5-12,26-29H2,1-2H3,(H,32,36)/t14-,15+,16+,17-,18+,19?,20-,21+,22+,23+,25-/m0/s1. The Morgan fingerprint density at radius 2 is 1.86 bits per heavy atom. The van der Waals surface area contributed by atoms with Gasteiger partial charge in [0.15, 0.2) is 6.29 Å². The van der Waals surface area contributed by atoms with Crippen molar-refractivity contribution in [2.75, 3.05) is 46.4 Å². The number of hydrogen-bond acceptors (Lipinski definition) is 15. The van der Waals surface area contributed by atoms with Gasteiger partial charge in [0.1, 0.15) is 35.8 Å². The molecule has 17 heteroatoms. The number of nitrogens with one attached hydrogen (secondary N) is 3. The summed E-state index contributed by atoms with van der Waals surface area (Å²) in [5.74, 6) is 0.528. The summed E-state index contributed by atoms with van der Waals surface area (Å²) in [4.78, 5) is 12.7. The number of nitrogens with zero attached hydrogens (tertiary/aromatic N) is 1. The van der Waals surface area contributed by atoms with Gasteiger partial charge < -0.3 is 73.2 Å². The van der Waals surface area contributed by atoms with E-state index in [0.717, 1.165) is 6.42 Å². The highest BCUT2D eigenvalue weighted by Crippen LogP contribution is 2.32. The number of aliphatic hydroxyl groups is 3. The second kappa shape index (κ2) is 15.8. The van der Waals surface area contributed by atoms with Crippen LogP contribution >= 0.6 is 0 Å². The van der Waals surface area contributed by atoms with Crippen LogP contribution in [-0.2, 0) is 18.9 Å². The third-order valence-corrected chi connectivity index (χ3v) is 7.81. The summed E-state index contributed by atoms with van der Waals surface area (Å²) >= 11 is 0. The van der Waals surface area contributed by atoms with E-state index in [9.17, 15) is 25.3 Å². The molecule has 0 radical (unpaired) electrons. The molecule has 0 aromatic carbocycles. The van der Waals surface area contributed by atoms with Crippen LogP contribution in [0.4, 0.5) is 4.79 Å². The molecule has 3 rings (SSSR count). The molecular formula is C25H50N8O9. The molecule has 1 saturated heterocycles. The zero-order valence-electron chi connectivity index (χ0n) is 24.3. The van der Waals surface area contributed by atoms with Crippen molar-refractivity contribution in [3.63, 3.8) is 0 Å². The summed E-state index contributed by atoms with van der Waals surface area (Å²) in [5.41, 5.74) is 22.0. The van der Waals surface area contributed by atoms with Crippen molar-refractivity contribution in [2.45, 2.75) is 93.0 Å². The highest BCUT2D eigenvalue weighted by atomic mass is 16.7. The molecule has 11 atom stereocenters. The van der Waals surface area contributed by atoms with Crippen molar-refractivity contribution in [2.24, 2.45) is 22.9 Å². The molecule has 2 heterocycles. The molecular weight excluding hydrogens is 556 g/mol. The number of hydrogen-bond donors (Lipinski definition) is 11. The van der Waals surface area contributed by atoms with E-state index < -0.39 is 66.8 Å². The lowest BCUT2D eigenvalue weighted by molar-refractivity contribution is -0.304. The maximum atomic E-state index is 12.7. The monoisotopic (exact) mass is 606 g/mol. The molecule has 3 aliphatic rings. The van der Waals surface area contributed by atoms with Crippen LogP contribution in [0.25, 0.3) is 0 Å². The van der Waals surface area contributed by atoms with Crippen LogP contribution in [0.5, 0.6) is 0 Å². The van der Waals surface area contributed by atoms with Gasteiger partial charge in [0, 0.05) is 12.6 Å². The molecule has 1 aliphatic carbocycles. The molecule has 0 spiro atoms. The van der Waals surface area contributed by atoms with Gasteiger partial charge in [-0.15, -0.1) is 0 Å². The number of likely N-dealkylation sites (N-methyl/N-ethyl adjacent to an activating group) is 1. The van der Waals surface area contributed by atoms with Crippen LogP contribution in [0.3, 0.4) is 0 Å². The highest BCUT2D eigenvalue weighted by molar-refractivity contribution is 5.73. The Labute approximate surface area is 245 Å². The first kappa shape index (κ1) is 34.8. The van der Waals surface area contributed by atoms with E-state index in [4.69, 9.17) is 41.9 Å². The molecule has 17 nitrogen and oxygen atoms in total. The fourth-order valence-corrected chi connectivity index (χ4v) is 5.54. The normalized spacial score (nSPS) is 38.9. The van der Waals surface area contributed by atoms with E-state index in [-0.39, 0.29) is 38.7 Å². The Kier molecular flexibility index (Phi) is 13.1. The first-order valence-electron chi connectivity index (χ1n) is 14.4. The SMILES string of the molecule is CN[C@@H]1[C@@H](O)[C@@H](O[C@H]2[C@H](NC(=O)N(O)CCN)C[C@H](N)C(O[C@H]3OC(CN)=CC[C@H]3NCCCN)[C@@H]2O)OC[C@]1(C)O. The van der Waals surface area contributed by atoms with E-state index in [1.54, 1.807) is 7.05 Å². The van der Waals surface area contributed by atoms with E-state index in [1.807, 2.05) is 6.08 Å². The van der Waals surface area contributed by atoms with Crippen molar-refractivity contribution in [1.29, 1.82) is 0 Å². The number of carbonyl (C=O) groups excluding carboxylic acids is 1. The Morgan fingerprint density at radius 3 is 2.50 bits per heavy atom. The number of carbonyl (C=O) groups is 1. The van der Waals surface area contributed by atoms with Crippen LogP contribution < -0.4 is 38.9 Å². The highest BCUT2D eigenvalue weighted by Gasteiger charge is 2.52. The zero-order chi connectivity index (χ0) is 31.0. The molecule has 2 fully saturated rings. The lowest BCUT2D eigenvalue weighted by Gasteiger charge is -2.49. The Morgan fingerprint density at radius 1 is 1.14 bits per heavy atom. The first-order valence-corrected chi connectivity index (χ1v) is 14.4.